The molecule has 0 aliphatic carbocycles. The number of fused-ring (bicyclic) bond motifs is 1. The number of likely N-dealkylation sites (N-methyl/N-ethyl adjacent to an activating group) is 1. The van der Waals surface area contributed by atoms with Crippen molar-refractivity contribution in [3.8, 4) is 0 Å². The van der Waals surface area contributed by atoms with E-state index in [1.54, 1.807) is 12.1 Å². The van der Waals surface area contributed by atoms with Crippen LogP contribution in [-0.2, 0) is 0 Å². The van der Waals surface area contributed by atoms with Gasteiger partial charge in [0.25, 0.3) is 11.8 Å². The van der Waals surface area contributed by atoms with Gasteiger partial charge in [0.05, 0.1) is 11.3 Å². The van der Waals surface area contributed by atoms with E-state index in [9.17, 15) is 9.59 Å². The Morgan fingerprint density at radius 3 is 2.21 bits per heavy atom. The van der Waals surface area contributed by atoms with Crippen LogP contribution in [-0.4, -0.2) is 54.8 Å². The number of para-hydroxylation sites is 1. The maximum atomic E-state index is 13.0. The highest BCUT2D eigenvalue weighted by Crippen LogP contribution is 2.22. The van der Waals surface area contributed by atoms with Crippen LogP contribution >= 0.6 is 12.4 Å². The van der Waals surface area contributed by atoms with E-state index >= 15 is 0 Å². The molecule has 5 nitrogen and oxygen atoms in total. The van der Waals surface area contributed by atoms with Crippen LogP contribution in [0.5, 0.6) is 0 Å². The fourth-order valence-electron chi connectivity index (χ4n) is 3.57. The molecule has 0 saturated carbocycles. The standard InChI is InChI=1S/C23H23N3O2.ClH/c1-25-13-15-26(16-14-25)23(28)20-10-4-5-12-21(20)24-22(27)19-11-6-8-17-7-2-3-9-18(17)19;/h2-12H,13-16H2,1H3,(H,24,27);1H. The predicted octanol–water partition coefficient (Wildman–Crippen LogP) is 3.90. The molecule has 1 saturated heterocycles. The van der Waals surface area contributed by atoms with Crippen LogP contribution < -0.4 is 5.32 Å². The van der Waals surface area contributed by atoms with Crippen LogP contribution in [0.15, 0.2) is 66.7 Å². The zero-order chi connectivity index (χ0) is 19.5. The van der Waals surface area contributed by atoms with Gasteiger partial charge in [-0.05, 0) is 36.0 Å². The van der Waals surface area contributed by atoms with Crippen molar-refractivity contribution in [1.29, 1.82) is 0 Å². The molecule has 0 spiro atoms. The molecule has 0 unspecified atom stereocenters. The molecule has 3 aromatic carbocycles. The zero-order valence-electron chi connectivity index (χ0n) is 16.3. The number of benzene rings is 3. The summed E-state index contributed by atoms with van der Waals surface area (Å²) in [6.07, 6.45) is 0. The Morgan fingerprint density at radius 1 is 0.793 bits per heavy atom. The number of piperazine rings is 1. The van der Waals surface area contributed by atoms with Crippen molar-refractivity contribution >= 4 is 40.7 Å². The average molecular weight is 410 g/mol. The van der Waals surface area contributed by atoms with Gasteiger partial charge >= 0.3 is 0 Å². The second kappa shape index (κ2) is 9.07. The van der Waals surface area contributed by atoms with E-state index in [1.165, 1.54) is 0 Å². The number of amides is 2. The smallest absolute Gasteiger partial charge is 0.256 e. The Morgan fingerprint density at radius 2 is 1.41 bits per heavy atom. The summed E-state index contributed by atoms with van der Waals surface area (Å²) in [5, 5.41) is 4.86. The summed E-state index contributed by atoms with van der Waals surface area (Å²) in [5.41, 5.74) is 1.67. The van der Waals surface area contributed by atoms with Crippen molar-refractivity contribution in [2.75, 3.05) is 38.5 Å². The van der Waals surface area contributed by atoms with Crippen LogP contribution in [0.2, 0.25) is 0 Å². The third-order valence-electron chi connectivity index (χ3n) is 5.23. The average Bonchev–Trinajstić information content (AvgIpc) is 2.74. The molecule has 29 heavy (non-hydrogen) atoms. The van der Waals surface area contributed by atoms with E-state index in [0.717, 1.165) is 23.9 Å². The van der Waals surface area contributed by atoms with Crippen LogP contribution in [0.3, 0.4) is 0 Å². The first-order chi connectivity index (χ1) is 13.6. The first-order valence-electron chi connectivity index (χ1n) is 9.49. The Kier molecular flexibility index (Phi) is 6.52. The van der Waals surface area contributed by atoms with Crippen molar-refractivity contribution in [3.63, 3.8) is 0 Å². The van der Waals surface area contributed by atoms with E-state index in [-0.39, 0.29) is 24.2 Å². The van der Waals surface area contributed by atoms with Gasteiger partial charge in [0.1, 0.15) is 0 Å². The van der Waals surface area contributed by atoms with Gasteiger partial charge in [-0.3, -0.25) is 9.59 Å². The maximum absolute atomic E-state index is 13.0. The third kappa shape index (κ3) is 4.42. The second-order valence-electron chi connectivity index (χ2n) is 7.12. The molecule has 3 aromatic rings. The predicted molar refractivity (Wildman–Crippen MR) is 119 cm³/mol. The molecule has 1 N–H and O–H groups in total. The molecule has 1 aliphatic rings. The molecule has 0 atom stereocenters. The lowest BCUT2D eigenvalue weighted by Crippen LogP contribution is -2.47. The molecule has 150 valence electrons. The molecule has 0 radical (unpaired) electrons. The van der Waals surface area contributed by atoms with Crippen molar-refractivity contribution < 1.29 is 9.59 Å². The third-order valence-corrected chi connectivity index (χ3v) is 5.23. The molecule has 1 heterocycles. The fourth-order valence-corrected chi connectivity index (χ4v) is 3.57. The number of halogens is 1. The Labute approximate surface area is 176 Å². The minimum atomic E-state index is -0.213. The van der Waals surface area contributed by atoms with Crippen LogP contribution in [0.4, 0.5) is 5.69 Å². The zero-order valence-corrected chi connectivity index (χ0v) is 17.1. The maximum Gasteiger partial charge on any atom is 0.256 e. The summed E-state index contributed by atoms with van der Waals surface area (Å²) >= 11 is 0. The summed E-state index contributed by atoms with van der Waals surface area (Å²) in [6.45, 7) is 3.11. The summed E-state index contributed by atoms with van der Waals surface area (Å²) in [7, 11) is 2.06. The highest BCUT2D eigenvalue weighted by atomic mass is 35.5. The number of carbonyl (C=O) groups excluding carboxylic acids is 2. The lowest BCUT2D eigenvalue weighted by Gasteiger charge is -2.32. The summed E-state index contributed by atoms with van der Waals surface area (Å²) in [4.78, 5) is 30.0. The van der Waals surface area contributed by atoms with Crippen LogP contribution in [0.25, 0.3) is 10.8 Å². The summed E-state index contributed by atoms with van der Waals surface area (Å²) in [6, 6.07) is 20.7. The number of nitrogens with one attached hydrogen (secondary N) is 1. The molecule has 0 bridgehead atoms. The van der Waals surface area contributed by atoms with Gasteiger partial charge < -0.3 is 15.1 Å². The van der Waals surface area contributed by atoms with Gasteiger partial charge in [0.2, 0.25) is 0 Å². The molecule has 1 fully saturated rings. The van der Waals surface area contributed by atoms with Crippen LogP contribution in [0, 0.1) is 0 Å². The lowest BCUT2D eigenvalue weighted by molar-refractivity contribution is 0.0665. The minimum absolute atomic E-state index is 0. The summed E-state index contributed by atoms with van der Waals surface area (Å²) in [5.74, 6) is -0.252. The normalized spacial score (nSPS) is 14.3. The van der Waals surface area contributed by atoms with Crippen molar-refractivity contribution in [2.45, 2.75) is 0 Å². The van der Waals surface area contributed by atoms with Crippen molar-refractivity contribution in [1.82, 2.24) is 9.80 Å². The van der Waals surface area contributed by atoms with E-state index in [1.807, 2.05) is 59.5 Å². The van der Waals surface area contributed by atoms with Gasteiger partial charge in [0.15, 0.2) is 0 Å². The molecular weight excluding hydrogens is 386 g/mol. The van der Waals surface area contributed by atoms with Crippen LogP contribution in [0.1, 0.15) is 20.7 Å². The number of anilines is 1. The molecule has 6 heteroatoms. The second-order valence-corrected chi connectivity index (χ2v) is 7.12. The number of nitrogens with zero attached hydrogens (tertiary/aromatic N) is 2. The SMILES string of the molecule is CN1CCN(C(=O)c2ccccc2NC(=O)c2cccc3ccccc23)CC1.Cl. The molecule has 0 aromatic heterocycles. The summed E-state index contributed by atoms with van der Waals surface area (Å²) < 4.78 is 0. The molecule has 2 amide bonds. The molecule has 4 rings (SSSR count). The first kappa shape index (κ1) is 20.8. The van der Waals surface area contributed by atoms with Crippen molar-refractivity contribution in [2.24, 2.45) is 0 Å². The lowest BCUT2D eigenvalue weighted by atomic mass is 10.0. The van der Waals surface area contributed by atoms with Crippen molar-refractivity contribution in [3.05, 3.63) is 77.9 Å². The minimum Gasteiger partial charge on any atom is -0.336 e. The fraction of sp³-hybridized carbons (Fsp3) is 0.217. The number of hydrogen-bond donors (Lipinski definition) is 1. The molecular formula is C23H24ClN3O2. The van der Waals surface area contributed by atoms with E-state index in [2.05, 4.69) is 17.3 Å². The van der Waals surface area contributed by atoms with Gasteiger partial charge in [-0.15, -0.1) is 12.4 Å². The number of hydrogen-bond acceptors (Lipinski definition) is 3. The van der Waals surface area contributed by atoms with E-state index < -0.39 is 0 Å². The Bertz CT molecular complexity index is 1020. The number of carbonyl (C=O) groups is 2. The number of rotatable bonds is 3. The van der Waals surface area contributed by atoms with Gasteiger partial charge in [0, 0.05) is 31.7 Å². The first-order valence-corrected chi connectivity index (χ1v) is 9.49. The highest BCUT2D eigenvalue weighted by molar-refractivity contribution is 6.14. The van der Waals surface area contributed by atoms with Gasteiger partial charge in [-0.25, -0.2) is 0 Å². The Balaban J connectivity index is 0.00000240. The van der Waals surface area contributed by atoms with E-state index in [0.29, 0.717) is 29.9 Å². The topological polar surface area (TPSA) is 52.6 Å². The largest absolute Gasteiger partial charge is 0.336 e. The quantitative estimate of drug-likeness (QED) is 0.713. The molecule has 1 aliphatic heterocycles. The highest BCUT2D eigenvalue weighted by Gasteiger charge is 2.23. The van der Waals surface area contributed by atoms with Gasteiger partial charge in [-0.2, -0.15) is 0 Å². The Hall–Kier alpha value is -2.89. The van der Waals surface area contributed by atoms with E-state index in [4.69, 9.17) is 0 Å². The monoisotopic (exact) mass is 409 g/mol. The van der Waals surface area contributed by atoms with Gasteiger partial charge in [-0.1, -0.05) is 48.5 Å².